The van der Waals surface area contributed by atoms with Gasteiger partial charge in [-0.15, -0.1) is 0 Å². The van der Waals surface area contributed by atoms with Crippen LogP contribution in [0.4, 0.5) is 0 Å². The Morgan fingerprint density at radius 3 is 0.406 bits per heavy atom. The Balaban J connectivity index is 6.70. The van der Waals surface area contributed by atoms with Gasteiger partial charge in [-0.25, -0.2) is 0 Å². The maximum atomic E-state index is 3.07. The van der Waals surface area contributed by atoms with E-state index in [9.17, 15) is 0 Å². The minimum Gasteiger partial charge on any atom is -0.0673 e. The van der Waals surface area contributed by atoms with Crippen LogP contribution < -0.4 is 0 Å². The molecule has 0 aliphatic heterocycles. The fourth-order valence-corrected chi connectivity index (χ4v) is 30.0. The minimum absolute atomic E-state index is 1.15. The fourth-order valence-electron chi connectivity index (χ4n) is 12.4. The highest BCUT2D eigenvalue weighted by Crippen LogP contribution is 2.50. The van der Waals surface area contributed by atoms with Crippen molar-refractivity contribution in [2.75, 3.05) is 0 Å². The van der Waals surface area contributed by atoms with Gasteiger partial charge in [-0.2, -0.15) is 0 Å². The second-order valence-corrected chi connectivity index (χ2v) is 33.6. The summed E-state index contributed by atoms with van der Waals surface area (Å²) in [5, 5.41) is 1.15. The molecule has 0 rings (SSSR count). The Labute approximate surface area is 412 Å². The molecule has 0 heterocycles. The van der Waals surface area contributed by atoms with E-state index >= 15 is 0 Å². The fraction of sp³-hybridized carbons (Fsp3) is 1.00. The van der Waals surface area contributed by atoms with Crippen molar-refractivity contribution in [1.82, 2.24) is 0 Å². The quantitative estimate of drug-likeness (QED) is 0.0421. The average Bonchev–Trinajstić information content (AvgIpc) is 3.30. The van der Waals surface area contributed by atoms with Crippen LogP contribution >= 0.6 is 0 Å². The third-order valence-electron chi connectivity index (χ3n) is 17.0. The van der Waals surface area contributed by atoms with Crippen LogP contribution in [-0.2, 0) is 0 Å². The van der Waals surface area contributed by atoms with Crippen LogP contribution in [0.5, 0.6) is 0 Å². The summed E-state index contributed by atoms with van der Waals surface area (Å²) in [7, 11) is -2.97. The summed E-state index contributed by atoms with van der Waals surface area (Å²) in [5.41, 5.74) is 0. The van der Waals surface area contributed by atoms with E-state index in [1.807, 2.05) is 0 Å². The van der Waals surface area contributed by atoms with Gasteiger partial charge in [-0.05, 0) is 0 Å². The summed E-state index contributed by atoms with van der Waals surface area (Å²) >= 11 is 0. The van der Waals surface area contributed by atoms with E-state index < -0.39 is 16.1 Å². The third-order valence-corrected chi connectivity index (χ3v) is 32.5. The topological polar surface area (TPSA) is 0 Å². The van der Waals surface area contributed by atoms with E-state index in [1.165, 1.54) is 231 Å². The summed E-state index contributed by atoms with van der Waals surface area (Å²) in [4.78, 5) is 0. The summed E-state index contributed by atoms with van der Waals surface area (Å²) < 4.78 is 0. The van der Waals surface area contributed by atoms with Crippen molar-refractivity contribution in [2.24, 2.45) is 0 Å². The van der Waals surface area contributed by atoms with E-state index in [2.05, 4.69) is 48.5 Å². The first kappa shape index (κ1) is 64.4. The standard InChI is InChI=1S/C62H130Si2/c1-8-14-20-26-32-38-44-50-56-63(57-51-45-39-33-27-21-15-9-2,58-52-46-40-34-28-22-16-10-3)62(7)64(59-53-47-41-35-29-23-17-11-4,60-54-48-42-36-30-24-18-12-5)61-55-49-43-37-31-25-19-13-6/h62H,8-61H2,1-7H3. The molecule has 0 saturated heterocycles. The molecule has 0 fully saturated rings. The van der Waals surface area contributed by atoms with Crippen molar-refractivity contribution in [2.45, 2.75) is 398 Å². The molecule has 386 valence electrons. The van der Waals surface area contributed by atoms with Crippen molar-refractivity contribution >= 4 is 16.1 Å². The molecule has 0 N–H and O–H groups in total. The molecule has 0 aliphatic rings. The zero-order chi connectivity index (χ0) is 46.8. The van der Waals surface area contributed by atoms with Crippen LogP contribution in [-0.4, -0.2) is 16.1 Å². The zero-order valence-corrected chi connectivity index (χ0v) is 48.8. The van der Waals surface area contributed by atoms with Gasteiger partial charge < -0.3 is 0 Å². The Morgan fingerprint density at radius 2 is 0.281 bits per heavy atom. The first-order valence-corrected chi connectivity index (χ1v) is 36.9. The molecule has 0 aliphatic carbocycles. The molecular weight excluding hydrogens is 801 g/mol. The molecule has 0 atom stereocenters. The zero-order valence-electron chi connectivity index (χ0n) is 46.8. The highest BCUT2D eigenvalue weighted by atomic mass is 28.4. The number of unbranched alkanes of at least 4 members (excludes halogenated alkanes) is 42. The van der Waals surface area contributed by atoms with Gasteiger partial charge in [0, 0.05) is 0 Å². The molecule has 0 radical (unpaired) electrons. The average molecular weight is 932 g/mol. The van der Waals surface area contributed by atoms with Crippen molar-refractivity contribution in [3.63, 3.8) is 0 Å². The number of hydrogen-bond acceptors (Lipinski definition) is 0. The normalized spacial score (nSPS) is 12.4. The van der Waals surface area contributed by atoms with Gasteiger partial charge in [-0.3, -0.25) is 0 Å². The van der Waals surface area contributed by atoms with Crippen LogP contribution in [0, 0.1) is 0 Å². The Bertz CT molecular complexity index is 683. The monoisotopic (exact) mass is 931 g/mol. The van der Waals surface area contributed by atoms with E-state index in [1.54, 1.807) is 113 Å². The van der Waals surface area contributed by atoms with Crippen molar-refractivity contribution in [1.29, 1.82) is 0 Å². The lowest BCUT2D eigenvalue weighted by Gasteiger charge is -2.49. The molecule has 0 unspecified atom stereocenters. The van der Waals surface area contributed by atoms with Gasteiger partial charge in [0.05, 0.1) is 16.1 Å². The lowest BCUT2D eigenvalue weighted by atomic mass is 10.1. The van der Waals surface area contributed by atoms with E-state index in [0.29, 0.717) is 0 Å². The minimum atomic E-state index is -1.49. The number of rotatable bonds is 56. The molecule has 0 aromatic carbocycles. The second kappa shape index (κ2) is 51.3. The first-order chi connectivity index (χ1) is 31.5. The van der Waals surface area contributed by atoms with Gasteiger partial charge in [0.1, 0.15) is 0 Å². The van der Waals surface area contributed by atoms with Crippen molar-refractivity contribution < 1.29 is 0 Å². The molecular formula is C62H130Si2. The lowest BCUT2D eigenvalue weighted by Crippen LogP contribution is -2.53. The predicted molar refractivity (Wildman–Crippen MR) is 305 cm³/mol. The maximum absolute atomic E-state index is 3.07. The summed E-state index contributed by atoms with van der Waals surface area (Å²) in [5.74, 6) is 0. The van der Waals surface area contributed by atoms with Gasteiger partial charge in [0.2, 0.25) is 0 Å². The lowest BCUT2D eigenvalue weighted by molar-refractivity contribution is 0.570. The second-order valence-electron chi connectivity index (χ2n) is 22.8. The van der Waals surface area contributed by atoms with E-state index in [-0.39, 0.29) is 0 Å². The van der Waals surface area contributed by atoms with Crippen LogP contribution in [0.25, 0.3) is 0 Å². The molecule has 0 saturated carbocycles. The summed E-state index contributed by atoms with van der Waals surface area (Å²) in [6.45, 7) is 17.4. The van der Waals surface area contributed by atoms with Crippen LogP contribution in [0.3, 0.4) is 0 Å². The summed E-state index contributed by atoms with van der Waals surface area (Å²) in [6.07, 6.45) is 71.9. The molecule has 0 aromatic heterocycles. The van der Waals surface area contributed by atoms with Crippen LogP contribution in [0.15, 0.2) is 0 Å². The van der Waals surface area contributed by atoms with Crippen molar-refractivity contribution in [3.8, 4) is 0 Å². The smallest absolute Gasteiger partial charge is 0.0538 e. The maximum Gasteiger partial charge on any atom is 0.0538 e. The van der Waals surface area contributed by atoms with Crippen LogP contribution in [0.2, 0.25) is 41.4 Å². The predicted octanol–water partition coefficient (Wildman–Crippen LogP) is 24.7. The largest absolute Gasteiger partial charge is 0.0673 e. The Hall–Kier alpha value is 0.434. The molecule has 0 aromatic rings. The molecule has 2 heteroatoms. The molecule has 0 amide bonds. The van der Waals surface area contributed by atoms with E-state index in [4.69, 9.17) is 0 Å². The van der Waals surface area contributed by atoms with Crippen LogP contribution in [0.1, 0.15) is 357 Å². The Kier molecular flexibility index (Phi) is 51.6. The first-order valence-electron chi connectivity index (χ1n) is 31.5. The molecule has 0 spiro atoms. The highest BCUT2D eigenvalue weighted by Gasteiger charge is 2.48. The van der Waals surface area contributed by atoms with Gasteiger partial charge >= 0.3 is 0 Å². The third kappa shape index (κ3) is 38.3. The van der Waals surface area contributed by atoms with Gasteiger partial charge in [0.15, 0.2) is 0 Å². The van der Waals surface area contributed by atoms with Gasteiger partial charge in [0.25, 0.3) is 0 Å². The SMILES string of the molecule is CCCCCCCCCC[Si](CCCCCCCCCC)(CCCCCCCCCC)C(C)[Si](CCCCCCCCCC)(CCCCCCCCCC)CCCCCCCCCC. The Morgan fingerprint density at radius 1 is 0.172 bits per heavy atom. The summed E-state index contributed by atoms with van der Waals surface area (Å²) in [6, 6.07) is 10.3. The van der Waals surface area contributed by atoms with E-state index in [0.717, 1.165) is 5.16 Å². The molecule has 0 nitrogen and oxygen atoms in total. The van der Waals surface area contributed by atoms with Gasteiger partial charge in [-0.1, -0.05) is 398 Å². The molecule has 0 bridgehead atoms. The number of hydrogen-bond donors (Lipinski definition) is 0. The highest BCUT2D eigenvalue weighted by molar-refractivity contribution is 6.99. The molecule has 64 heavy (non-hydrogen) atoms. The van der Waals surface area contributed by atoms with Crippen molar-refractivity contribution in [3.05, 3.63) is 0 Å².